The van der Waals surface area contributed by atoms with E-state index in [-0.39, 0.29) is 5.97 Å². The van der Waals surface area contributed by atoms with E-state index in [1.807, 2.05) is 91.0 Å². The zero-order valence-corrected chi connectivity index (χ0v) is 15.6. The van der Waals surface area contributed by atoms with Gasteiger partial charge in [0.25, 0.3) is 0 Å². The summed E-state index contributed by atoms with van der Waals surface area (Å²) in [6.07, 6.45) is 0.365. The van der Waals surface area contributed by atoms with Crippen molar-refractivity contribution in [2.75, 3.05) is 7.11 Å². The van der Waals surface area contributed by atoms with Crippen LogP contribution in [-0.4, -0.2) is 25.0 Å². The van der Waals surface area contributed by atoms with E-state index in [9.17, 15) is 4.79 Å². The van der Waals surface area contributed by atoms with Gasteiger partial charge in [-0.3, -0.25) is 0 Å². The number of nitrogens with zero attached hydrogens (tertiary/aromatic N) is 1. The first-order valence-corrected chi connectivity index (χ1v) is 9.24. The van der Waals surface area contributed by atoms with Crippen LogP contribution < -0.4 is 0 Å². The Morgan fingerprint density at radius 3 is 1.89 bits per heavy atom. The summed E-state index contributed by atoms with van der Waals surface area (Å²) in [5, 5.41) is 0. The molecule has 0 amide bonds. The van der Waals surface area contributed by atoms with Crippen molar-refractivity contribution < 1.29 is 14.3 Å². The highest BCUT2D eigenvalue weighted by Crippen LogP contribution is 2.42. The van der Waals surface area contributed by atoms with Gasteiger partial charge >= 0.3 is 5.97 Å². The van der Waals surface area contributed by atoms with Gasteiger partial charge < -0.3 is 9.47 Å². The summed E-state index contributed by atoms with van der Waals surface area (Å²) < 4.78 is 11.6. The Balaban J connectivity index is 1.91. The van der Waals surface area contributed by atoms with Gasteiger partial charge in [0.2, 0.25) is 5.90 Å². The molecule has 1 heterocycles. The monoisotopic (exact) mass is 371 g/mol. The Labute approximate surface area is 164 Å². The molecule has 3 aromatic rings. The summed E-state index contributed by atoms with van der Waals surface area (Å²) in [6.45, 7) is 0. The number of aliphatic imine (C=N–C) groups is 1. The topological polar surface area (TPSA) is 47.9 Å². The molecular weight excluding hydrogens is 350 g/mol. The number of carbonyl (C=O) groups excluding carboxylic acids is 1. The molecule has 0 aromatic heterocycles. The van der Waals surface area contributed by atoms with Gasteiger partial charge in [-0.2, -0.15) is 0 Å². The second-order valence-electron chi connectivity index (χ2n) is 6.70. The largest absolute Gasteiger partial charge is 0.467 e. The number of carbonyl (C=O) groups is 1. The first kappa shape index (κ1) is 18.0. The molecule has 140 valence electrons. The molecule has 28 heavy (non-hydrogen) atoms. The number of hydrogen-bond acceptors (Lipinski definition) is 4. The molecule has 4 nitrogen and oxygen atoms in total. The highest BCUT2D eigenvalue weighted by atomic mass is 16.5. The van der Waals surface area contributed by atoms with Crippen LogP contribution in [0.4, 0.5) is 0 Å². The highest BCUT2D eigenvalue weighted by molar-refractivity contribution is 5.97. The molecule has 0 radical (unpaired) electrons. The van der Waals surface area contributed by atoms with Crippen LogP contribution in [0.3, 0.4) is 0 Å². The molecule has 1 aliphatic heterocycles. The van der Waals surface area contributed by atoms with E-state index in [2.05, 4.69) is 4.99 Å². The van der Waals surface area contributed by atoms with E-state index in [0.717, 1.165) is 16.7 Å². The third-order valence-corrected chi connectivity index (χ3v) is 5.00. The molecule has 4 rings (SSSR count). The minimum atomic E-state index is -0.839. The maximum Gasteiger partial charge on any atom is 0.330 e. The number of methoxy groups -OCH3 is 1. The molecule has 0 spiro atoms. The molecule has 1 atom stereocenters. The fourth-order valence-corrected chi connectivity index (χ4v) is 3.61. The molecule has 0 bridgehead atoms. The average molecular weight is 371 g/mol. The van der Waals surface area contributed by atoms with Gasteiger partial charge in [0.15, 0.2) is 11.6 Å². The van der Waals surface area contributed by atoms with Crippen LogP contribution in [-0.2, 0) is 19.9 Å². The standard InChI is InChI=1S/C24H21NO3/c1-27-23(26)21-17-24(19-13-7-3-8-14-19,20-15-9-4-10-16-20)28-22(25-21)18-11-5-2-6-12-18/h2-16,21H,17H2,1H3/t21-/m1/s1. The number of rotatable bonds is 4. The Morgan fingerprint density at radius 2 is 1.39 bits per heavy atom. The maximum absolute atomic E-state index is 12.5. The first-order valence-electron chi connectivity index (χ1n) is 9.24. The van der Waals surface area contributed by atoms with Gasteiger partial charge in [0.1, 0.15) is 0 Å². The Kier molecular flexibility index (Phi) is 4.94. The van der Waals surface area contributed by atoms with Crippen molar-refractivity contribution in [2.45, 2.75) is 18.1 Å². The van der Waals surface area contributed by atoms with Gasteiger partial charge in [-0.05, 0) is 12.1 Å². The van der Waals surface area contributed by atoms with Gasteiger partial charge in [-0.15, -0.1) is 0 Å². The zero-order valence-electron chi connectivity index (χ0n) is 15.6. The Bertz CT molecular complexity index is 929. The SMILES string of the molecule is COC(=O)[C@H]1CC(c2ccccc2)(c2ccccc2)OC(c2ccccc2)=N1. The van der Waals surface area contributed by atoms with Gasteiger partial charge in [-0.1, -0.05) is 78.9 Å². The number of esters is 1. The molecule has 3 aromatic carbocycles. The number of ether oxygens (including phenoxy) is 2. The fraction of sp³-hybridized carbons (Fsp3) is 0.167. The van der Waals surface area contributed by atoms with Gasteiger partial charge in [-0.25, -0.2) is 9.79 Å². The van der Waals surface area contributed by atoms with Crippen LogP contribution in [0.5, 0.6) is 0 Å². The van der Waals surface area contributed by atoms with E-state index in [4.69, 9.17) is 9.47 Å². The Hall–Kier alpha value is -3.40. The van der Waals surface area contributed by atoms with Crippen LogP contribution in [0.2, 0.25) is 0 Å². The molecule has 4 heteroatoms. The van der Waals surface area contributed by atoms with Crippen LogP contribution in [0.25, 0.3) is 0 Å². The summed E-state index contributed by atoms with van der Waals surface area (Å²) >= 11 is 0. The minimum absolute atomic E-state index is 0.365. The van der Waals surface area contributed by atoms with E-state index in [1.165, 1.54) is 7.11 Å². The third-order valence-electron chi connectivity index (χ3n) is 5.00. The molecule has 1 aliphatic rings. The third kappa shape index (κ3) is 3.29. The lowest BCUT2D eigenvalue weighted by Crippen LogP contribution is -2.44. The smallest absolute Gasteiger partial charge is 0.330 e. The van der Waals surface area contributed by atoms with Crippen molar-refractivity contribution in [3.8, 4) is 0 Å². The Morgan fingerprint density at radius 1 is 0.893 bits per heavy atom. The van der Waals surface area contributed by atoms with Crippen molar-refractivity contribution in [3.63, 3.8) is 0 Å². The number of benzene rings is 3. The van der Waals surface area contributed by atoms with Gasteiger partial charge in [0.05, 0.1) is 7.11 Å². The molecule has 0 N–H and O–H groups in total. The first-order chi connectivity index (χ1) is 13.7. The van der Waals surface area contributed by atoms with Crippen LogP contribution >= 0.6 is 0 Å². The van der Waals surface area contributed by atoms with Crippen molar-refractivity contribution in [1.82, 2.24) is 0 Å². The lowest BCUT2D eigenvalue weighted by Gasteiger charge is -2.40. The summed E-state index contributed by atoms with van der Waals surface area (Å²) in [5.41, 5.74) is 1.93. The molecule has 0 aliphatic carbocycles. The summed E-state index contributed by atoms with van der Waals surface area (Å²) in [4.78, 5) is 17.1. The van der Waals surface area contributed by atoms with Crippen molar-refractivity contribution in [1.29, 1.82) is 0 Å². The van der Waals surface area contributed by atoms with E-state index in [1.54, 1.807) is 0 Å². The second kappa shape index (κ2) is 7.69. The molecule has 0 saturated carbocycles. The summed E-state index contributed by atoms with van der Waals surface area (Å²) in [7, 11) is 1.39. The van der Waals surface area contributed by atoms with Gasteiger partial charge in [0, 0.05) is 23.1 Å². The fourth-order valence-electron chi connectivity index (χ4n) is 3.61. The number of hydrogen-bond donors (Lipinski definition) is 0. The zero-order chi connectivity index (χ0) is 19.4. The average Bonchev–Trinajstić information content (AvgIpc) is 2.80. The normalized spacial score (nSPS) is 17.9. The predicted molar refractivity (Wildman–Crippen MR) is 108 cm³/mol. The molecular formula is C24H21NO3. The predicted octanol–water partition coefficient (Wildman–Crippen LogP) is 4.34. The van der Waals surface area contributed by atoms with Crippen LogP contribution in [0.15, 0.2) is 96.0 Å². The quantitative estimate of drug-likeness (QED) is 0.641. The van der Waals surface area contributed by atoms with Crippen molar-refractivity contribution in [2.24, 2.45) is 4.99 Å². The second-order valence-corrected chi connectivity index (χ2v) is 6.70. The van der Waals surface area contributed by atoms with E-state index < -0.39 is 11.6 Å². The van der Waals surface area contributed by atoms with Crippen LogP contribution in [0.1, 0.15) is 23.1 Å². The maximum atomic E-state index is 12.5. The highest BCUT2D eigenvalue weighted by Gasteiger charge is 2.45. The lowest BCUT2D eigenvalue weighted by molar-refractivity contribution is -0.144. The van der Waals surface area contributed by atoms with E-state index in [0.29, 0.717) is 12.3 Å². The van der Waals surface area contributed by atoms with Crippen molar-refractivity contribution in [3.05, 3.63) is 108 Å². The van der Waals surface area contributed by atoms with E-state index >= 15 is 0 Å². The summed E-state index contributed by atoms with van der Waals surface area (Å²) in [5.74, 6) is 0.0722. The minimum Gasteiger partial charge on any atom is -0.467 e. The molecule has 0 saturated heterocycles. The summed E-state index contributed by atoms with van der Waals surface area (Å²) in [6, 6.07) is 28.9. The van der Waals surface area contributed by atoms with Crippen LogP contribution in [0, 0.1) is 0 Å². The lowest BCUT2D eigenvalue weighted by atomic mass is 9.80. The van der Waals surface area contributed by atoms with Crippen molar-refractivity contribution >= 4 is 11.9 Å². The molecule has 0 unspecified atom stereocenters. The molecule has 0 fully saturated rings.